The number of carbonyl (C=O) groups excluding carboxylic acids is 1. The Kier molecular flexibility index (Phi) is 2.58. The van der Waals surface area contributed by atoms with Gasteiger partial charge in [-0.25, -0.2) is 0 Å². The molecule has 0 radical (unpaired) electrons. The molecule has 1 aromatic rings. The standard InChI is InChI=1S/C11H17N3OS/c1-11(2,6-3-4-6)14-8-5-7(12)9(16-8)10(13)15/h5-6,14H,3-4,12H2,1-2H3,(H2,13,15). The number of amides is 1. The molecule has 5 heteroatoms. The molecule has 1 aliphatic carbocycles. The third-order valence-corrected chi connectivity index (χ3v) is 4.11. The maximum atomic E-state index is 11.1. The summed E-state index contributed by atoms with van der Waals surface area (Å²) in [4.78, 5) is 11.5. The Labute approximate surface area is 99.0 Å². The van der Waals surface area contributed by atoms with Gasteiger partial charge in [-0.3, -0.25) is 4.79 Å². The van der Waals surface area contributed by atoms with Crippen LogP contribution in [0.4, 0.5) is 10.7 Å². The van der Waals surface area contributed by atoms with Crippen LogP contribution in [0.1, 0.15) is 36.4 Å². The maximum Gasteiger partial charge on any atom is 0.260 e. The van der Waals surface area contributed by atoms with Crippen LogP contribution >= 0.6 is 11.3 Å². The van der Waals surface area contributed by atoms with Crippen molar-refractivity contribution < 1.29 is 4.79 Å². The number of carbonyl (C=O) groups is 1. The van der Waals surface area contributed by atoms with Crippen molar-refractivity contribution in [3.05, 3.63) is 10.9 Å². The van der Waals surface area contributed by atoms with E-state index < -0.39 is 5.91 Å². The van der Waals surface area contributed by atoms with Crippen molar-refractivity contribution in [2.45, 2.75) is 32.2 Å². The van der Waals surface area contributed by atoms with Gasteiger partial charge in [0.2, 0.25) is 0 Å². The van der Waals surface area contributed by atoms with Crippen molar-refractivity contribution in [1.29, 1.82) is 0 Å². The van der Waals surface area contributed by atoms with E-state index in [1.807, 2.05) is 0 Å². The third kappa shape index (κ3) is 2.14. The number of primary amides is 1. The van der Waals surface area contributed by atoms with Gasteiger partial charge in [-0.05, 0) is 38.7 Å². The Morgan fingerprint density at radius 2 is 2.19 bits per heavy atom. The topological polar surface area (TPSA) is 81.1 Å². The summed E-state index contributed by atoms with van der Waals surface area (Å²) in [6.45, 7) is 4.34. The molecule has 1 saturated carbocycles. The van der Waals surface area contributed by atoms with E-state index in [0.717, 1.165) is 5.00 Å². The molecule has 1 aromatic heterocycles. The third-order valence-electron chi connectivity index (χ3n) is 3.03. The Bertz CT molecular complexity index is 421. The minimum atomic E-state index is -0.459. The van der Waals surface area contributed by atoms with Crippen LogP contribution in [0.15, 0.2) is 6.07 Å². The van der Waals surface area contributed by atoms with E-state index in [1.54, 1.807) is 6.07 Å². The van der Waals surface area contributed by atoms with Crippen molar-refractivity contribution in [2.75, 3.05) is 11.1 Å². The Morgan fingerprint density at radius 3 is 2.62 bits per heavy atom. The molecule has 0 aromatic carbocycles. The molecular weight excluding hydrogens is 222 g/mol. The van der Waals surface area contributed by atoms with E-state index in [9.17, 15) is 4.79 Å². The summed E-state index contributed by atoms with van der Waals surface area (Å²) in [6, 6.07) is 1.79. The predicted molar refractivity (Wildman–Crippen MR) is 67.7 cm³/mol. The summed E-state index contributed by atoms with van der Waals surface area (Å²) in [5.74, 6) is 0.257. The quantitative estimate of drug-likeness (QED) is 0.752. The number of nitrogens with one attached hydrogen (secondary N) is 1. The molecule has 1 amide bonds. The Balaban J connectivity index is 2.15. The lowest BCUT2D eigenvalue weighted by Gasteiger charge is -2.26. The van der Waals surface area contributed by atoms with Gasteiger partial charge in [0.1, 0.15) is 4.88 Å². The lowest BCUT2D eigenvalue weighted by atomic mass is 9.99. The number of rotatable bonds is 4. The van der Waals surface area contributed by atoms with Gasteiger partial charge in [0, 0.05) is 5.54 Å². The first-order valence-electron chi connectivity index (χ1n) is 5.37. The van der Waals surface area contributed by atoms with Crippen LogP contribution in [0.2, 0.25) is 0 Å². The zero-order valence-corrected chi connectivity index (χ0v) is 10.4. The first kappa shape index (κ1) is 11.3. The number of hydrogen-bond acceptors (Lipinski definition) is 4. The van der Waals surface area contributed by atoms with E-state index >= 15 is 0 Å². The second kappa shape index (κ2) is 3.66. The number of hydrogen-bond donors (Lipinski definition) is 3. The molecule has 0 bridgehead atoms. The molecule has 0 saturated heterocycles. The van der Waals surface area contributed by atoms with Gasteiger partial charge < -0.3 is 16.8 Å². The highest BCUT2D eigenvalue weighted by Crippen LogP contribution is 2.42. The summed E-state index contributed by atoms with van der Waals surface area (Å²) in [5, 5.41) is 4.35. The van der Waals surface area contributed by atoms with Gasteiger partial charge in [-0.2, -0.15) is 0 Å². The molecule has 0 atom stereocenters. The first-order chi connectivity index (χ1) is 7.40. The van der Waals surface area contributed by atoms with Gasteiger partial charge in [0.05, 0.1) is 10.7 Å². The average Bonchev–Trinajstić information content (AvgIpc) is 2.91. The van der Waals surface area contributed by atoms with Crippen LogP contribution in [-0.2, 0) is 0 Å². The molecule has 1 aliphatic rings. The maximum absolute atomic E-state index is 11.1. The summed E-state index contributed by atoms with van der Waals surface area (Å²) < 4.78 is 0. The lowest BCUT2D eigenvalue weighted by molar-refractivity contribution is 0.100. The smallest absolute Gasteiger partial charge is 0.260 e. The molecule has 5 N–H and O–H groups in total. The molecule has 0 aliphatic heterocycles. The SMILES string of the molecule is CC(C)(Nc1cc(N)c(C(N)=O)s1)C1CC1. The van der Waals surface area contributed by atoms with Crippen molar-refractivity contribution in [3.63, 3.8) is 0 Å². The van der Waals surface area contributed by atoms with E-state index in [4.69, 9.17) is 11.5 Å². The normalized spacial score (nSPS) is 16.1. The van der Waals surface area contributed by atoms with Gasteiger partial charge in [-0.15, -0.1) is 11.3 Å². The summed E-state index contributed by atoms with van der Waals surface area (Å²) in [6.07, 6.45) is 2.53. The Hall–Kier alpha value is -1.23. The van der Waals surface area contributed by atoms with Crippen LogP contribution < -0.4 is 16.8 Å². The van der Waals surface area contributed by atoms with Gasteiger partial charge in [0.25, 0.3) is 5.91 Å². The molecule has 0 unspecified atom stereocenters. The number of anilines is 2. The van der Waals surface area contributed by atoms with Gasteiger partial charge in [0.15, 0.2) is 0 Å². The molecule has 1 heterocycles. The fourth-order valence-corrected chi connectivity index (χ4v) is 2.88. The van der Waals surface area contributed by atoms with Crippen molar-refractivity contribution in [2.24, 2.45) is 11.7 Å². The van der Waals surface area contributed by atoms with Crippen LogP contribution in [0.5, 0.6) is 0 Å². The zero-order valence-electron chi connectivity index (χ0n) is 9.54. The first-order valence-corrected chi connectivity index (χ1v) is 6.19. The second-order valence-electron chi connectivity index (χ2n) is 4.88. The Morgan fingerprint density at radius 1 is 1.56 bits per heavy atom. The minimum Gasteiger partial charge on any atom is -0.397 e. The van der Waals surface area contributed by atoms with Gasteiger partial charge in [-0.1, -0.05) is 0 Å². The summed E-state index contributed by atoms with van der Waals surface area (Å²) >= 11 is 1.33. The number of nitrogens with two attached hydrogens (primary N) is 2. The van der Waals surface area contributed by atoms with Crippen LogP contribution in [-0.4, -0.2) is 11.4 Å². The highest BCUT2D eigenvalue weighted by Gasteiger charge is 2.38. The predicted octanol–water partition coefficient (Wildman–Crippen LogP) is 2.03. The summed E-state index contributed by atoms with van der Waals surface area (Å²) in [5.41, 5.74) is 11.5. The molecule has 0 spiro atoms. The van der Waals surface area contributed by atoms with Crippen LogP contribution in [0.25, 0.3) is 0 Å². The van der Waals surface area contributed by atoms with E-state index in [-0.39, 0.29) is 5.54 Å². The summed E-state index contributed by atoms with van der Waals surface area (Å²) in [7, 11) is 0. The van der Waals surface area contributed by atoms with Crippen LogP contribution in [0, 0.1) is 5.92 Å². The number of nitrogen functional groups attached to an aromatic ring is 1. The van der Waals surface area contributed by atoms with Crippen LogP contribution in [0.3, 0.4) is 0 Å². The fourth-order valence-electron chi connectivity index (χ4n) is 1.88. The molecule has 16 heavy (non-hydrogen) atoms. The molecule has 2 rings (SSSR count). The monoisotopic (exact) mass is 239 g/mol. The minimum absolute atomic E-state index is 0.0617. The largest absolute Gasteiger partial charge is 0.397 e. The average molecular weight is 239 g/mol. The highest BCUT2D eigenvalue weighted by atomic mass is 32.1. The van der Waals surface area contributed by atoms with Crippen molar-refractivity contribution in [3.8, 4) is 0 Å². The van der Waals surface area contributed by atoms with E-state index in [1.165, 1.54) is 24.2 Å². The fraction of sp³-hybridized carbons (Fsp3) is 0.545. The second-order valence-corrected chi connectivity index (χ2v) is 5.93. The molecule has 88 valence electrons. The van der Waals surface area contributed by atoms with E-state index in [0.29, 0.717) is 16.5 Å². The van der Waals surface area contributed by atoms with E-state index in [2.05, 4.69) is 19.2 Å². The highest BCUT2D eigenvalue weighted by molar-refractivity contribution is 7.18. The molecular formula is C11H17N3OS. The van der Waals surface area contributed by atoms with Gasteiger partial charge >= 0.3 is 0 Å². The molecule has 1 fully saturated rings. The number of thiophene rings is 1. The lowest BCUT2D eigenvalue weighted by Crippen LogP contribution is -2.32. The molecule has 4 nitrogen and oxygen atoms in total. The van der Waals surface area contributed by atoms with Crippen molar-refractivity contribution in [1.82, 2.24) is 0 Å². The van der Waals surface area contributed by atoms with Crippen molar-refractivity contribution >= 4 is 27.9 Å². The zero-order chi connectivity index (χ0) is 11.9.